The summed E-state index contributed by atoms with van der Waals surface area (Å²) in [4.78, 5) is 11.9. The third kappa shape index (κ3) is 4.05. The van der Waals surface area contributed by atoms with Crippen LogP contribution in [0, 0.1) is 5.82 Å². The minimum Gasteiger partial charge on any atom is -0.494 e. The average molecular weight is 321 g/mol. The third-order valence-corrected chi connectivity index (χ3v) is 3.12. The van der Waals surface area contributed by atoms with Crippen LogP contribution in [0.5, 0.6) is 5.75 Å². The molecule has 0 atom stereocenters. The fraction of sp³-hybridized carbons (Fsp3) is 0.125. The molecule has 6 heteroatoms. The van der Waals surface area contributed by atoms with Gasteiger partial charge in [0, 0.05) is 11.1 Å². The zero-order valence-electron chi connectivity index (χ0n) is 11.8. The molecule has 0 radical (unpaired) electrons. The van der Waals surface area contributed by atoms with E-state index in [-0.39, 0.29) is 10.6 Å². The molecule has 0 spiro atoms. The van der Waals surface area contributed by atoms with Gasteiger partial charge in [0.05, 0.1) is 17.8 Å². The number of carbonyl (C=O) groups excluding carboxylic acids is 1. The van der Waals surface area contributed by atoms with Crippen molar-refractivity contribution in [3.8, 4) is 5.75 Å². The summed E-state index contributed by atoms with van der Waals surface area (Å²) in [6, 6.07) is 10.9. The molecule has 1 N–H and O–H groups in total. The molecule has 0 heterocycles. The molecule has 2 aromatic rings. The Morgan fingerprint density at radius 2 is 2.05 bits per heavy atom. The monoisotopic (exact) mass is 320 g/mol. The van der Waals surface area contributed by atoms with Crippen LogP contribution in [0.25, 0.3) is 0 Å². The minimum atomic E-state index is -0.508. The SMILES string of the molecule is CCOc1ccc(C(=O)N/N=C\c2c(F)cccc2Cl)cc1. The molecule has 0 aliphatic carbocycles. The molecular weight excluding hydrogens is 307 g/mol. The molecule has 114 valence electrons. The maximum absolute atomic E-state index is 13.5. The summed E-state index contributed by atoms with van der Waals surface area (Å²) in [5.41, 5.74) is 2.86. The van der Waals surface area contributed by atoms with Gasteiger partial charge >= 0.3 is 0 Å². The van der Waals surface area contributed by atoms with Crippen LogP contribution < -0.4 is 10.2 Å². The van der Waals surface area contributed by atoms with Crippen molar-refractivity contribution in [3.05, 3.63) is 64.4 Å². The smallest absolute Gasteiger partial charge is 0.271 e. The maximum atomic E-state index is 13.5. The Morgan fingerprint density at radius 1 is 1.32 bits per heavy atom. The van der Waals surface area contributed by atoms with Crippen LogP contribution in [0.2, 0.25) is 5.02 Å². The van der Waals surface area contributed by atoms with Crippen molar-refractivity contribution < 1.29 is 13.9 Å². The average Bonchev–Trinajstić information content (AvgIpc) is 2.51. The van der Waals surface area contributed by atoms with Gasteiger partial charge in [-0.1, -0.05) is 17.7 Å². The number of benzene rings is 2. The van der Waals surface area contributed by atoms with Crippen molar-refractivity contribution in [2.75, 3.05) is 6.61 Å². The van der Waals surface area contributed by atoms with Crippen molar-refractivity contribution in [1.29, 1.82) is 0 Å². The van der Waals surface area contributed by atoms with Gasteiger partial charge in [0.15, 0.2) is 0 Å². The predicted octanol–water partition coefficient (Wildman–Crippen LogP) is 3.64. The summed E-state index contributed by atoms with van der Waals surface area (Å²) in [6.07, 6.45) is 1.17. The van der Waals surface area contributed by atoms with Crippen LogP contribution in [0.15, 0.2) is 47.6 Å². The van der Waals surface area contributed by atoms with Gasteiger partial charge in [-0.3, -0.25) is 4.79 Å². The van der Waals surface area contributed by atoms with Crippen LogP contribution in [0.1, 0.15) is 22.8 Å². The van der Waals surface area contributed by atoms with Crippen LogP contribution in [-0.4, -0.2) is 18.7 Å². The summed E-state index contributed by atoms with van der Waals surface area (Å²) >= 11 is 5.85. The second-order valence-corrected chi connectivity index (χ2v) is 4.70. The van der Waals surface area contributed by atoms with E-state index in [1.807, 2.05) is 6.92 Å². The number of halogens is 2. The fourth-order valence-corrected chi connectivity index (χ4v) is 1.94. The zero-order valence-corrected chi connectivity index (χ0v) is 12.6. The number of hydrazone groups is 1. The number of nitrogens with one attached hydrogen (secondary N) is 1. The molecule has 0 unspecified atom stereocenters. The van der Waals surface area contributed by atoms with E-state index in [1.54, 1.807) is 30.3 Å². The highest BCUT2D eigenvalue weighted by molar-refractivity contribution is 6.33. The van der Waals surface area contributed by atoms with E-state index >= 15 is 0 Å². The van der Waals surface area contributed by atoms with Gasteiger partial charge in [-0.2, -0.15) is 5.10 Å². The highest BCUT2D eigenvalue weighted by Gasteiger charge is 2.06. The Kier molecular flexibility index (Phi) is 5.49. The second kappa shape index (κ2) is 7.56. The summed E-state index contributed by atoms with van der Waals surface area (Å²) in [6.45, 7) is 2.43. The lowest BCUT2D eigenvalue weighted by molar-refractivity contribution is 0.0955. The Hall–Kier alpha value is -2.40. The van der Waals surface area contributed by atoms with Crippen molar-refractivity contribution in [1.82, 2.24) is 5.43 Å². The highest BCUT2D eigenvalue weighted by Crippen LogP contribution is 2.16. The van der Waals surface area contributed by atoms with Gasteiger partial charge < -0.3 is 4.74 Å². The molecule has 0 aliphatic heterocycles. The number of rotatable bonds is 5. The van der Waals surface area contributed by atoms with Crippen LogP contribution in [0.3, 0.4) is 0 Å². The van der Waals surface area contributed by atoms with E-state index < -0.39 is 11.7 Å². The van der Waals surface area contributed by atoms with E-state index in [1.165, 1.54) is 18.3 Å². The van der Waals surface area contributed by atoms with E-state index in [9.17, 15) is 9.18 Å². The molecule has 2 aromatic carbocycles. The molecular formula is C16H14ClFN2O2. The van der Waals surface area contributed by atoms with Gasteiger partial charge in [0.25, 0.3) is 5.91 Å². The first-order chi connectivity index (χ1) is 10.6. The van der Waals surface area contributed by atoms with Crippen molar-refractivity contribution >= 4 is 23.7 Å². The summed E-state index contributed by atoms with van der Waals surface area (Å²) < 4.78 is 18.8. The maximum Gasteiger partial charge on any atom is 0.271 e. The Morgan fingerprint density at radius 3 is 2.68 bits per heavy atom. The number of hydrogen-bond acceptors (Lipinski definition) is 3. The first-order valence-corrected chi connectivity index (χ1v) is 7.00. The topological polar surface area (TPSA) is 50.7 Å². The summed E-state index contributed by atoms with van der Waals surface area (Å²) in [5, 5.41) is 3.94. The predicted molar refractivity (Wildman–Crippen MR) is 84.1 cm³/mol. The van der Waals surface area contributed by atoms with Crippen LogP contribution in [-0.2, 0) is 0 Å². The molecule has 0 aromatic heterocycles. The van der Waals surface area contributed by atoms with Crippen LogP contribution in [0.4, 0.5) is 4.39 Å². The first-order valence-electron chi connectivity index (χ1n) is 6.62. The Balaban J connectivity index is 2.01. The number of amides is 1. The van der Waals surface area contributed by atoms with Crippen molar-refractivity contribution in [2.45, 2.75) is 6.92 Å². The summed E-state index contributed by atoms with van der Waals surface area (Å²) in [5.74, 6) is -0.237. The molecule has 1 amide bonds. The highest BCUT2D eigenvalue weighted by atomic mass is 35.5. The molecule has 0 fully saturated rings. The Bertz CT molecular complexity index is 667. The molecule has 22 heavy (non-hydrogen) atoms. The van der Waals surface area contributed by atoms with Gasteiger partial charge in [-0.25, -0.2) is 9.82 Å². The molecule has 2 rings (SSSR count). The zero-order chi connectivity index (χ0) is 15.9. The van der Waals surface area contributed by atoms with E-state index in [0.717, 1.165) is 0 Å². The second-order valence-electron chi connectivity index (χ2n) is 4.29. The number of ether oxygens (including phenoxy) is 1. The largest absolute Gasteiger partial charge is 0.494 e. The molecule has 0 bridgehead atoms. The molecule has 4 nitrogen and oxygen atoms in total. The number of nitrogens with zero attached hydrogens (tertiary/aromatic N) is 1. The first kappa shape index (κ1) is 16.0. The van der Waals surface area contributed by atoms with E-state index in [2.05, 4.69) is 10.5 Å². The van der Waals surface area contributed by atoms with E-state index in [4.69, 9.17) is 16.3 Å². The lowest BCUT2D eigenvalue weighted by Crippen LogP contribution is -2.17. The van der Waals surface area contributed by atoms with Gasteiger partial charge in [-0.15, -0.1) is 0 Å². The Labute approximate surface area is 132 Å². The minimum absolute atomic E-state index is 0.121. The summed E-state index contributed by atoms with van der Waals surface area (Å²) in [7, 11) is 0. The lowest BCUT2D eigenvalue weighted by atomic mass is 10.2. The number of carbonyl (C=O) groups is 1. The molecule has 0 aliphatic rings. The fourth-order valence-electron chi connectivity index (χ4n) is 1.72. The van der Waals surface area contributed by atoms with Gasteiger partial charge in [-0.05, 0) is 43.3 Å². The lowest BCUT2D eigenvalue weighted by Gasteiger charge is -2.04. The van der Waals surface area contributed by atoms with Gasteiger partial charge in [0.1, 0.15) is 11.6 Å². The normalized spacial score (nSPS) is 10.7. The van der Waals surface area contributed by atoms with Gasteiger partial charge in [0.2, 0.25) is 0 Å². The molecule has 0 saturated heterocycles. The van der Waals surface area contributed by atoms with Crippen LogP contribution >= 0.6 is 11.6 Å². The van der Waals surface area contributed by atoms with E-state index in [0.29, 0.717) is 17.9 Å². The number of hydrogen-bond donors (Lipinski definition) is 1. The van der Waals surface area contributed by atoms with Crippen molar-refractivity contribution in [3.63, 3.8) is 0 Å². The quantitative estimate of drug-likeness (QED) is 0.675. The standard InChI is InChI=1S/C16H14ClFN2O2/c1-2-22-12-8-6-11(7-9-12)16(21)20-19-10-13-14(17)4-3-5-15(13)18/h3-10H,2H2,1H3,(H,20,21)/b19-10-. The molecule has 0 saturated carbocycles. The van der Waals surface area contributed by atoms with Crippen molar-refractivity contribution in [2.24, 2.45) is 5.10 Å². The third-order valence-electron chi connectivity index (χ3n) is 2.79.